The van der Waals surface area contributed by atoms with E-state index in [1.807, 2.05) is 57.2 Å². The summed E-state index contributed by atoms with van der Waals surface area (Å²) in [7, 11) is 1.66. The van der Waals surface area contributed by atoms with Crippen LogP contribution in [0.25, 0.3) is 0 Å². The van der Waals surface area contributed by atoms with E-state index in [2.05, 4.69) is 19.2 Å². The highest BCUT2D eigenvalue weighted by Gasteiger charge is 2.17. The van der Waals surface area contributed by atoms with E-state index in [0.29, 0.717) is 12.2 Å². The summed E-state index contributed by atoms with van der Waals surface area (Å²) in [5, 5.41) is 3.03. The lowest BCUT2D eigenvalue weighted by molar-refractivity contribution is 0.0926. The van der Waals surface area contributed by atoms with Crippen molar-refractivity contribution in [2.75, 3.05) is 13.7 Å². The number of benzene rings is 2. The second-order valence-electron chi connectivity index (χ2n) is 7.01. The topological polar surface area (TPSA) is 47.6 Å². The maximum Gasteiger partial charge on any atom is 0.251 e. The molecule has 2 rings (SSSR count). The highest BCUT2D eigenvalue weighted by Crippen LogP contribution is 2.29. The summed E-state index contributed by atoms with van der Waals surface area (Å²) < 4.78 is 11.3. The van der Waals surface area contributed by atoms with Crippen molar-refractivity contribution in [3.8, 4) is 11.5 Å². The fourth-order valence-corrected chi connectivity index (χ4v) is 2.85. The molecule has 1 N–H and O–H groups in total. The third-order valence-corrected chi connectivity index (χ3v) is 4.40. The first kappa shape index (κ1) is 19.8. The van der Waals surface area contributed by atoms with Crippen molar-refractivity contribution in [2.45, 2.75) is 46.6 Å². The van der Waals surface area contributed by atoms with Gasteiger partial charge in [-0.2, -0.15) is 0 Å². The summed E-state index contributed by atoms with van der Waals surface area (Å²) in [6.45, 7) is 10.5. The summed E-state index contributed by atoms with van der Waals surface area (Å²) in [6, 6.07) is 11.6. The Balaban J connectivity index is 2.07. The smallest absolute Gasteiger partial charge is 0.251 e. The van der Waals surface area contributed by atoms with E-state index in [-0.39, 0.29) is 17.9 Å². The molecule has 26 heavy (non-hydrogen) atoms. The number of carbonyl (C=O) groups is 1. The van der Waals surface area contributed by atoms with E-state index < -0.39 is 0 Å². The Labute approximate surface area is 156 Å². The van der Waals surface area contributed by atoms with Crippen molar-refractivity contribution in [1.82, 2.24) is 5.32 Å². The minimum Gasteiger partial charge on any atom is -0.496 e. The molecule has 1 atom stereocenters. The van der Waals surface area contributed by atoms with Gasteiger partial charge < -0.3 is 14.8 Å². The third kappa shape index (κ3) is 4.78. The van der Waals surface area contributed by atoms with Gasteiger partial charge in [-0.25, -0.2) is 0 Å². The zero-order valence-electron chi connectivity index (χ0n) is 16.6. The lowest BCUT2D eigenvalue weighted by Crippen LogP contribution is -2.37. The van der Waals surface area contributed by atoms with Gasteiger partial charge in [-0.05, 0) is 61.6 Å². The maximum absolute atomic E-state index is 12.7. The predicted octanol–water partition coefficient (Wildman–Crippen LogP) is 4.63. The van der Waals surface area contributed by atoms with E-state index in [0.717, 1.165) is 28.2 Å². The fourth-order valence-electron chi connectivity index (χ4n) is 2.85. The van der Waals surface area contributed by atoms with Crippen LogP contribution in [-0.2, 0) is 0 Å². The van der Waals surface area contributed by atoms with E-state index in [1.165, 1.54) is 0 Å². The summed E-state index contributed by atoms with van der Waals surface area (Å²) in [4.78, 5) is 12.7. The average molecular weight is 355 g/mol. The Morgan fingerprint density at radius 2 is 1.73 bits per heavy atom. The molecule has 0 saturated carbocycles. The minimum absolute atomic E-state index is 0.0899. The molecule has 0 saturated heterocycles. The molecular formula is C22H29NO3. The van der Waals surface area contributed by atoms with Gasteiger partial charge in [0.25, 0.3) is 5.91 Å². The number of para-hydroxylation sites is 1. The first-order valence-corrected chi connectivity index (χ1v) is 9.01. The van der Waals surface area contributed by atoms with Crippen LogP contribution in [0.1, 0.15) is 53.7 Å². The van der Waals surface area contributed by atoms with Gasteiger partial charge in [0.1, 0.15) is 18.1 Å². The number of ether oxygens (including phenoxy) is 2. The zero-order valence-corrected chi connectivity index (χ0v) is 16.6. The highest BCUT2D eigenvalue weighted by molar-refractivity contribution is 5.96. The Morgan fingerprint density at radius 1 is 1.04 bits per heavy atom. The Morgan fingerprint density at radius 3 is 2.35 bits per heavy atom. The van der Waals surface area contributed by atoms with Crippen LogP contribution in [0.4, 0.5) is 0 Å². The van der Waals surface area contributed by atoms with E-state index in [1.54, 1.807) is 7.11 Å². The average Bonchev–Trinajstić information content (AvgIpc) is 2.60. The maximum atomic E-state index is 12.7. The molecule has 0 aliphatic rings. The first-order valence-electron chi connectivity index (χ1n) is 9.01. The molecular weight excluding hydrogens is 326 g/mol. The molecule has 0 aliphatic heterocycles. The van der Waals surface area contributed by atoms with Gasteiger partial charge in [0.05, 0.1) is 13.2 Å². The fraction of sp³-hybridized carbons (Fsp3) is 0.409. The number of amides is 1. The highest BCUT2D eigenvalue weighted by atomic mass is 16.5. The summed E-state index contributed by atoms with van der Waals surface area (Å²) in [5.41, 5.74) is 3.69. The number of nitrogens with one attached hydrogen (secondary N) is 1. The molecule has 4 heteroatoms. The Kier molecular flexibility index (Phi) is 6.67. The quantitative estimate of drug-likeness (QED) is 0.787. The summed E-state index contributed by atoms with van der Waals surface area (Å²) >= 11 is 0. The van der Waals surface area contributed by atoms with Crippen LogP contribution in [0.15, 0.2) is 36.4 Å². The molecule has 0 aliphatic carbocycles. The Hall–Kier alpha value is -2.49. The van der Waals surface area contributed by atoms with Gasteiger partial charge in [0, 0.05) is 5.56 Å². The number of methoxy groups -OCH3 is 1. The minimum atomic E-state index is -0.105. The molecule has 0 fully saturated rings. The molecule has 4 nitrogen and oxygen atoms in total. The third-order valence-electron chi connectivity index (χ3n) is 4.40. The standard InChI is InChI=1S/C22H29NO3/c1-14(2)18-12-19(16(4)11-21(18)25-6)22(24)23-17(5)13-26-20-10-8-7-9-15(20)3/h7-12,14,17H,13H2,1-6H3,(H,23,24). The van der Waals surface area contributed by atoms with Crippen LogP contribution in [0.5, 0.6) is 11.5 Å². The molecule has 0 aromatic heterocycles. The number of rotatable bonds is 7. The van der Waals surface area contributed by atoms with Gasteiger partial charge in [0.15, 0.2) is 0 Å². The number of aryl methyl sites for hydroxylation is 2. The molecule has 2 aromatic carbocycles. The largest absolute Gasteiger partial charge is 0.496 e. The van der Waals surface area contributed by atoms with Crippen LogP contribution in [0.3, 0.4) is 0 Å². The molecule has 140 valence electrons. The van der Waals surface area contributed by atoms with Crippen molar-refractivity contribution < 1.29 is 14.3 Å². The number of hydrogen-bond acceptors (Lipinski definition) is 3. The van der Waals surface area contributed by atoms with E-state index in [9.17, 15) is 4.79 Å². The Bertz CT molecular complexity index is 768. The monoisotopic (exact) mass is 355 g/mol. The van der Waals surface area contributed by atoms with Gasteiger partial charge in [0.2, 0.25) is 0 Å². The van der Waals surface area contributed by atoms with Crippen molar-refractivity contribution in [1.29, 1.82) is 0 Å². The number of hydrogen-bond donors (Lipinski definition) is 1. The molecule has 1 unspecified atom stereocenters. The predicted molar refractivity (Wildman–Crippen MR) is 105 cm³/mol. The molecule has 0 spiro atoms. The van der Waals surface area contributed by atoms with Gasteiger partial charge >= 0.3 is 0 Å². The van der Waals surface area contributed by atoms with E-state index >= 15 is 0 Å². The zero-order chi connectivity index (χ0) is 19.3. The lowest BCUT2D eigenvalue weighted by Gasteiger charge is -2.19. The lowest BCUT2D eigenvalue weighted by atomic mass is 9.96. The van der Waals surface area contributed by atoms with Crippen LogP contribution >= 0.6 is 0 Å². The molecule has 1 amide bonds. The van der Waals surface area contributed by atoms with Crippen LogP contribution in [-0.4, -0.2) is 25.7 Å². The van der Waals surface area contributed by atoms with E-state index in [4.69, 9.17) is 9.47 Å². The van der Waals surface area contributed by atoms with Crippen molar-refractivity contribution in [3.63, 3.8) is 0 Å². The van der Waals surface area contributed by atoms with Crippen molar-refractivity contribution >= 4 is 5.91 Å². The van der Waals surface area contributed by atoms with Crippen LogP contribution in [0.2, 0.25) is 0 Å². The van der Waals surface area contributed by atoms with Gasteiger partial charge in [-0.1, -0.05) is 32.0 Å². The second-order valence-corrected chi connectivity index (χ2v) is 7.01. The summed E-state index contributed by atoms with van der Waals surface area (Å²) in [5.74, 6) is 1.85. The van der Waals surface area contributed by atoms with Gasteiger partial charge in [-0.15, -0.1) is 0 Å². The summed E-state index contributed by atoms with van der Waals surface area (Å²) in [6.07, 6.45) is 0. The first-order chi connectivity index (χ1) is 12.3. The molecule has 0 bridgehead atoms. The van der Waals surface area contributed by atoms with Crippen molar-refractivity contribution in [3.05, 3.63) is 58.7 Å². The SMILES string of the molecule is COc1cc(C)c(C(=O)NC(C)COc2ccccc2C)cc1C(C)C. The molecule has 2 aromatic rings. The number of carbonyl (C=O) groups excluding carboxylic acids is 1. The van der Waals surface area contributed by atoms with Crippen LogP contribution in [0, 0.1) is 13.8 Å². The normalized spacial score (nSPS) is 12.0. The second kappa shape index (κ2) is 8.75. The van der Waals surface area contributed by atoms with Crippen molar-refractivity contribution in [2.24, 2.45) is 0 Å². The molecule has 0 radical (unpaired) electrons. The molecule has 0 heterocycles. The van der Waals surface area contributed by atoms with Crippen LogP contribution < -0.4 is 14.8 Å². The van der Waals surface area contributed by atoms with Gasteiger partial charge in [-0.3, -0.25) is 4.79 Å².